The number of carbonyl (C=O) groups excluding carboxylic acids is 3. The molecule has 0 spiro atoms. The van der Waals surface area contributed by atoms with Crippen molar-refractivity contribution in [2.45, 2.75) is 37.4 Å². The number of rotatable bonds is 8. The zero-order valence-corrected chi connectivity index (χ0v) is 20.6. The largest absolute Gasteiger partial charge is 0.417 e. The molecule has 0 saturated heterocycles. The van der Waals surface area contributed by atoms with Gasteiger partial charge in [0.15, 0.2) is 0 Å². The van der Waals surface area contributed by atoms with E-state index >= 15 is 0 Å². The van der Waals surface area contributed by atoms with Crippen molar-refractivity contribution >= 4 is 35.5 Å². The molecule has 5 nitrogen and oxygen atoms in total. The molecule has 2 N–H and O–H groups in total. The summed E-state index contributed by atoms with van der Waals surface area (Å²) in [5, 5.41) is 2.90. The Morgan fingerprint density at radius 1 is 0.975 bits per heavy atom. The zero-order chi connectivity index (χ0) is 30.6. The highest BCUT2D eigenvalue weighted by Gasteiger charge is 2.41. The second kappa shape index (κ2) is 12.3. The Labute approximate surface area is 224 Å². The van der Waals surface area contributed by atoms with Crippen LogP contribution in [0.15, 0.2) is 42.5 Å². The molecule has 2 unspecified atom stereocenters. The third-order valence-corrected chi connectivity index (χ3v) is 5.37. The number of carbonyl (C=O) groups is 3. The summed E-state index contributed by atoms with van der Waals surface area (Å²) in [5.74, 6) is -7.46. The van der Waals surface area contributed by atoms with Crippen LogP contribution in [0.3, 0.4) is 0 Å². The summed E-state index contributed by atoms with van der Waals surface area (Å²) in [5.41, 5.74) is -4.95. The van der Waals surface area contributed by atoms with Gasteiger partial charge in [-0.05, 0) is 48.9 Å². The van der Waals surface area contributed by atoms with E-state index < -0.39 is 76.9 Å². The molecule has 0 aromatic heterocycles. The normalized spacial score (nSPS) is 14.3. The van der Waals surface area contributed by atoms with Gasteiger partial charge < -0.3 is 10.6 Å². The first kappa shape index (κ1) is 32.6. The van der Waals surface area contributed by atoms with Crippen LogP contribution in [-0.2, 0) is 11.0 Å². The number of hydrogen-bond donors (Lipinski definition) is 2. The lowest BCUT2D eigenvalue weighted by Gasteiger charge is -2.19. The molecule has 0 fully saturated rings. The number of amides is 2. The number of benzene rings is 2. The third-order valence-electron chi connectivity index (χ3n) is 5.15. The van der Waals surface area contributed by atoms with Gasteiger partial charge in [0.05, 0.1) is 11.1 Å². The molecule has 0 saturated carbocycles. The van der Waals surface area contributed by atoms with Gasteiger partial charge in [0, 0.05) is 16.1 Å². The Hall–Kier alpha value is -3.62. The van der Waals surface area contributed by atoms with Crippen molar-refractivity contribution in [2.75, 3.05) is 6.54 Å². The second-order valence-corrected chi connectivity index (χ2v) is 8.69. The SMILES string of the molecule is CC(NC(=O)c1ccc(/C(F)=C/C(c2cc(Cl)cc(C=O)c2)C(F)(F)F)cc1C(F)(F)F)C(=O)NCC(F)(F)F. The van der Waals surface area contributed by atoms with Crippen LogP contribution >= 0.6 is 11.6 Å². The minimum atomic E-state index is -5.35. The molecule has 0 aliphatic rings. The van der Waals surface area contributed by atoms with E-state index in [0.29, 0.717) is 12.1 Å². The lowest BCUT2D eigenvalue weighted by atomic mass is 9.94. The third kappa shape index (κ3) is 8.96. The number of allylic oxidation sites excluding steroid dienone is 1. The van der Waals surface area contributed by atoms with Crippen LogP contribution in [0.25, 0.3) is 5.83 Å². The van der Waals surface area contributed by atoms with E-state index in [2.05, 4.69) is 0 Å². The minimum Gasteiger partial charge on any atom is -0.345 e. The average Bonchev–Trinajstić information content (AvgIpc) is 2.82. The highest BCUT2D eigenvalue weighted by Crippen LogP contribution is 2.40. The van der Waals surface area contributed by atoms with Crippen LogP contribution in [-0.4, -0.2) is 43.0 Å². The highest BCUT2D eigenvalue weighted by atomic mass is 35.5. The van der Waals surface area contributed by atoms with E-state index in [1.807, 2.05) is 0 Å². The summed E-state index contributed by atoms with van der Waals surface area (Å²) in [6, 6.07) is 1.90. The van der Waals surface area contributed by atoms with Crippen LogP contribution < -0.4 is 10.6 Å². The number of alkyl halides is 9. The fourth-order valence-electron chi connectivity index (χ4n) is 3.31. The fourth-order valence-corrected chi connectivity index (χ4v) is 3.56. The first-order valence-electron chi connectivity index (χ1n) is 10.8. The number of hydrogen-bond acceptors (Lipinski definition) is 3. The number of aldehydes is 1. The van der Waals surface area contributed by atoms with Crippen molar-refractivity contribution < 1.29 is 58.3 Å². The summed E-state index contributed by atoms with van der Waals surface area (Å²) in [6.07, 6.45) is -15.2. The minimum absolute atomic E-state index is 0.0391. The maximum absolute atomic E-state index is 14.9. The molecule has 218 valence electrons. The Morgan fingerprint density at radius 3 is 2.12 bits per heavy atom. The molecule has 2 aromatic rings. The number of halogens is 11. The molecule has 0 aliphatic heterocycles. The molecule has 2 rings (SSSR count). The van der Waals surface area contributed by atoms with E-state index in [0.717, 1.165) is 25.1 Å². The predicted octanol–water partition coefficient (Wildman–Crippen LogP) is 6.62. The first-order chi connectivity index (χ1) is 18.2. The van der Waals surface area contributed by atoms with E-state index in [4.69, 9.17) is 11.6 Å². The molecule has 40 heavy (non-hydrogen) atoms. The van der Waals surface area contributed by atoms with Gasteiger partial charge in [-0.25, -0.2) is 4.39 Å². The lowest BCUT2D eigenvalue weighted by Crippen LogP contribution is -2.47. The van der Waals surface area contributed by atoms with Gasteiger partial charge in [0.1, 0.15) is 30.6 Å². The number of nitrogens with one attached hydrogen (secondary N) is 2. The monoisotopic (exact) mass is 606 g/mol. The molecule has 0 radical (unpaired) electrons. The Morgan fingerprint density at radius 2 is 1.60 bits per heavy atom. The van der Waals surface area contributed by atoms with Gasteiger partial charge in [0.25, 0.3) is 5.91 Å². The Kier molecular flexibility index (Phi) is 10.00. The maximum Gasteiger partial charge on any atom is 0.417 e. The van der Waals surface area contributed by atoms with E-state index in [-0.39, 0.29) is 29.0 Å². The molecule has 0 heterocycles. The maximum atomic E-state index is 14.9. The summed E-state index contributed by atoms with van der Waals surface area (Å²) >= 11 is 5.71. The van der Waals surface area contributed by atoms with Crippen molar-refractivity contribution in [1.82, 2.24) is 10.6 Å². The van der Waals surface area contributed by atoms with Crippen LogP contribution in [0.4, 0.5) is 43.9 Å². The van der Waals surface area contributed by atoms with E-state index in [1.165, 1.54) is 5.32 Å². The van der Waals surface area contributed by atoms with Crippen LogP contribution in [0.5, 0.6) is 0 Å². The van der Waals surface area contributed by atoms with Crippen molar-refractivity contribution in [2.24, 2.45) is 0 Å². The molecule has 16 heteroatoms. The van der Waals surface area contributed by atoms with Crippen LogP contribution in [0, 0.1) is 0 Å². The fraction of sp³-hybridized carbons (Fsp3) is 0.292. The van der Waals surface area contributed by atoms with Crippen molar-refractivity contribution in [1.29, 1.82) is 0 Å². The predicted molar refractivity (Wildman–Crippen MR) is 122 cm³/mol. The average molecular weight is 607 g/mol. The Balaban J connectivity index is 2.45. The molecule has 0 bridgehead atoms. The lowest BCUT2D eigenvalue weighted by molar-refractivity contribution is -0.140. The van der Waals surface area contributed by atoms with E-state index in [9.17, 15) is 58.3 Å². The standard InChI is InChI=1S/C24H17ClF10N2O3/c1-11(20(39)36-10-22(27,28)29)37-21(40)16-3-2-13(7-18(16)24(33,34)35)19(26)8-17(23(30,31)32)14-4-12(9-38)5-15(25)6-14/h2-9,11,17H,10H2,1H3,(H,36,39)(H,37,40)/b19-8-. The van der Waals surface area contributed by atoms with Crippen molar-refractivity contribution in [3.8, 4) is 0 Å². The topological polar surface area (TPSA) is 75.3 Å². The molecule has 2 atom stereocenters. The second-order valence-electron chi connectivity index (χ2n) is 8.26. The van der Waals surface area contributed by atoms with Crippen molar-refractivity contribution in [3.63, 3.8) is 0 Å². The summed E-state index contributed by atoms with van der Waals surface area (Å²) < 4.78 is 134. The van der Waals surface area contributed by atoms with Gasteiger partial charge in [0.2, 0.25) is 5.91 Å². The molecular weight excluding hydrogens is 590 g/mol. The highest BCUT2D eigenvalue weighted by molar-refractivity contribution is 6.30. The van der Waals surface area contributed by atoms with Gasteiger partial charge in [-0.3, -0.25) is 14.4 Å². The van der Waals surface area contributed by atoms with Gasteiger partial charge >= 0.3 is 18.5 Å². The van der Waals surface area contributed by atoms with Gasteiger partial charge in [-0.15, -0.1) is 0 Å². The van der Waals surface area contributed by atoms with Crippen LogP contribution in [0.1, 0.15) is 50.2 Å². The quantitative estimate of drug-likeness (QED) is 0.262. The Bertz CT molecular complexity index is 1300. The van der Waals surface area contributed by atoms with Gasteiger partial charge in [-0.2, -0.15) is 39.5 Å². The first-order valence-corrected chi connectivity index (χ1v) is 11.2. The summed E-state index contributed by atoms with van der Waals surface area (Å²) in [6.45, 7) is -0.887. The van der Waals surface area contributed by atoms with E-state index in [1.54, 1.807) is 5.32 Å². The van der Waals surface area contributed by atoms with Crippen LogP contribution in [0.2, 0.25) is 5.02 Å². The molecule has 2 aromatic carbocycles. The molecule has 0 aliphatic carbocycles. The van der Waals surface area contributed by atoms with Gasteiger partial charge in [-0.1, -0.05) is 17.7 Å². The summed E-state index contributed by atoms with van der Waals surface area (Å²) in [4.78, 5) is 35.1. The zero-order valence-electron chi connectivity index (χ0n) is 19.9. The molecule has 2 amide bonds. The molecular formula is C24H17ClF10N2O3. The summed E-state index contributed by atoms with van der Waals surface area (Å²) in [7, 11) is 0. The smallest absolute Gasteiger partial charge is 0.345 e. The van der Waals surface area contributed by atoms with Crippen molar-refractivity contribution in [3.05, 3.63) is 75.3 Å².